The molecule has 1 aromatic carbocycles. The van der Waals surface area contributed by atoms with E-state index in [1.54, 1.807) is 7.11 Å². The van der Waals surface area contributed by atoms with Crippen molar-refractivity contribution in [3.8, 4) is 0 Å². The van der Waals surface area contributed by atoms with Crippen LogP contribution in [0.3, 0.4) is 0 Å². The van der Waals surface area contributed by atoms with E-state index in [1.807, 2.05) is 7.05 Å². The molecule has 0 amide bonds. The van der Waals surface area contributed by atoms with Gasteiger partial charge >= 0.3 is 0 Å². The molecule has 2 rings (SSSR count). The monoisotopic (exact) mass is 488 g/mol. The fourth-order valence-corrected chi connectivity index (χ4v) is 3.79. The molecule has 1 aromatic rings. The van der Waals surface area contributed by atoms with Gasteiger partial charge in [-0.1, -0.05) is 18.9 Å². The molecule has 0 heterocycles. The van der Waals surface area contributed by atoms with Crippen molar-refractivity contribution < 1.29 is 4.74 Å². The molecule has 0 saturated heterocycles. The fourth-order valence-electron chi connectivity index (χ4n) is 3.79. The van der Waals surface area contributed by atoms with Crippen LogP contribution in [0.25, 0.3) is 0 Å². The van der Waals surface area contributed by atoms with Crippen LogP contribution in [0.1, 0.15) is 43.2 Å². The molecule has 6 heteroatoms. The Bertz CT molecular complexity index is 598. The second-order valence-electron chi connectivity index (χ2n) is 7.73. The maximum atomic E-state index is 5.33. The number of benzene rings is 1. The highest BCUT2D eigenvalue weighted by Gasteiger charge is 2.33. The van der Waals surface area contributed by atoms with Crippen LogP contribution >= 0.6 is 24.0 Å². The van der Waals surface area contributed by atoms with Gasteiger partial charge in [-0.05, 0) is 54.9 Å². The fraction of sp³-hybridized carbons (Fsp3) is 0.667. The Morgan fingerprint density at radius 3 is 2.48 bits per heavy atom. The van der Waals surface area contributed by atoms with Crippen LogP contribution in [0, 0.1) is 12.3 Å². The summed E-state index contributed by atoms with van der Waals surface area (Å²) in [5.74, 6) is 0.879. The van der Waals surface area contributed by atoms with E-state index in [1.165, 1.54) is 42.5 Å². The Balaban J connectivity index is 0.00000364. The molecule has 1 fully saturated rings. The molecule has 2 N–H and O–H groups in total. The highest BCUT2D eigenvalue weighted by atomic mass is 127. The molecular formula is C21H37IN4O. The van der Waals surface area contributed by atoms with E-state index in [-0.39, 0.29) is 24.0 Å². The van der Waals surface area contributed by atoms with E-state index in [0.29, 0.717) is 5.41 Å². The number of hydrogen-bond donors (Lipinski definition) is 2. The molecule has 0 atom stereocenters. The summed E-state index contributed by atoms with van der Waals surface area (Å²) in [5, 5.41) is 7.02. The van der Waals surface area contributed by atoms with Crippen LogP contribution in [-0.2, 0) is 11.3 Å². The van der Waals surface area contributed by atoms with Crippen molar-refractivity contribution >= 4 is 35.6 Å². The molecule has 0 aliphatic heterocycles. The number of hydrogen-bond acceptors (Lipinski definition) is 3. The highest BCUT2D eigenvalue weighted by Crippen LogP contribution is 2.40. The highest BCUT2D eigenvalue weighted by molar-refractivity contribution is 14.0. The van der Waals surface area contributed by atoms with E-state index in [9.17, 15) is 0 Å². The molecule has 1 aliphatic rings. The molecule has 0 radical (unpaired) electrons. The largest absolute Gasteiger partial charge is 0.385 e. The number of aryl methyl sites for hydroxylation is 1. The normalized spacial score (nSPS) is 16.0. The predicted octanol–water partition coefficient (Wildman–Crippen LogP) is 3.94. The summed E-state index contributed by atoms with van der Waals surface area (Å²) in [6.07, 6.45) is 6.35. The second kappa shape index (κ2) is 11.7. The molecule has 1 saturated carbocycles. The van der Waals surface area contributed by atoms with Gasteiger partial charge in [-0.3, -0.25) is 4.99 Å². The van der Waals surface area contributed by atoms with Gasteiger partial charge in [-0.2, -0.15) is 0 Å². The molecule has 0 unspecified atom stereocenters. The number of halogens is 1. The first-order chi connectivity index (χ1) is 12.5. The Hall–Kier alpha value is -1.02. The predicted molar refractivity (Wildman–Crippen MR) is 127 cm³/mol. The van der Waals surface area contributed by atoms with Crippen molar-refractivity contribution in [3.05, 3.63) is 29.3 Å². The molecule has 1 aliphatic carbocycles. The average molecular weight is 488 g/mol. The van der Waals surface area contributed by atoms with Crippen LogP contribution in [0.15, 0.2) is 23.2 Å². The van der Waals surface area contributed by atoms with Crippen molar-refractivity contribution in [1.82, 2.24) is 10.6 Å². The van der Waals surface area contributed by atoms with Gasteiger partial charge in [0.1, 0.15) is 0 Å². The minimum Gasteiger partial charge on any atom is -0.385 e. The van der Waals surface area contributed by atoms with Crippen LogP contribution in [0.5, 0.6) is 0 Å². The number of anilines is 1. The van der Waals surface area contributed by atoms with Gasteiger partial charge in [0.2, 0.25) is 0 Å². The molecule has 0 bridgehead atoms. The number of aliphatic imine (C=N–C) groups is 1. The first-order valence-corrected chi connectivity index (χ1v) is 9.70. The van der Waals surface area contributed by atoms with Gasteiger partial charge < -0.3 is 20.3 Å². The third-order valence-electron chi connectivity index (χ3n) is 5.64. The van der Waals surface area contributed by atoms with Gasteiger partial charge in [-0.25, -0.2) is 0 Å². The van der Waals surface area contributed by atoms with Gasteiger partial charge in [0.15, 0.2) is 5.96 Å². The summed E-state index contributed by atoms with van der Waals surface area (Å²) in [7, 11) is 7.77. The molecule has 0 aromatic heterocycles. The van der Waals surface area contributed by atoms with Crippen molar-refractivity contribution in [1.29, 1.82) is 0 Å². The average Bonchev–Trinajstić information content (AvgIpc) is 3.10. The van der Waals surface area contributed by atoms with Crippen LogP contribution in [0.2, 0.25) is 0 Å². The quantitative estimate of drug-likeness (QED) is 0.331. The standard InChI is InChI=1S/C21H36N4O.HI/c1-17-14-19(25(3)4)9-8-18(17)15-23-20(22-2)24-16-21(12-13-26-5)10-6-7-11-21;/h8-9,14H,6-7,10-13,15-16H2,1-5H3,(H2,22,23,24);1H. The van der Waals surface area contributed by atoms with Crippen molar-refractivity contribution in [2.45, 2.75) is 45.6 Å². The molecule has 27 heavy (non-hydrogen) atoms. The number of rotatable bonds is 8. The lowest BCUT2D eigenvalue weighted by Crippen LogP contribution is -2.43. The summed E-state index contributed by atoms with van der Waals surface area (Å²) in [6.45, 7) is 4.75. The Morgan fingerprint density at radius 1 is 1.22 bits per heavy atom. The molecular weight excluding hydrogens is 451 g/mol. The third kappa shape index (κ3) is 7.14. The number of methoxy groups -OCH3 is 1. The zero-order chi connectivity index (χ0) is 19.0. The van der Waals surface area contributed by atoms with E-state index in [2.05, 4.69) is 59.7 Å². The zero-order valence-electron chi connectivity index (χ0n) is 17.6. The van der Waals surface area contributed by atoms with Gasteiger partial charge in [0, 0.05) is 53.6 Å². The number of ether oxygens (including phenoxy) is 1. The summed E-state index contributed by atoms with van der Waals surface area (Å²) >= 11 is 0. The lowest BCUT2D eigenvalue weighted by Gasteiger charge is -2.30. The van der Waals surface area contributed by atoms with Crippen molar-refractivity contribution in [2.24, 2.45) is 10.4 Å². The third-order valence-corrected chi connectivity index (χ3v) is 5.64. The number of nitrogens with zero attached hydrogens (tertiary/aromatic N) is 2. The van der Waals surface area contributed by atoms with E-state index >= 15 is 0 Å². The zero-order valence-corrected chi connectivity index (χ0v) is 19.9. The van der Waals surface area contributed by atoms with Crippen LogP contribution in [0.4, 0.5) is 5.69 Å². The molecule has 0 spiro atoms. The van der Waals surface area contributed by atoms with Crippen molar-refractivity contribution in [2.75, 3.05) is 46.3 Å². The minimum atomic E-state index is 0. The van der Waals surface area contributed by atoms with E-state index in [0.717, 1.165) is 32.1 Å². The van der Waals surface area contributed by atoms with Crippen LogP contribution < -0.4 is 15.5 Å². The summed E-state index contributed by atoms with van der Waals surface area (Å²) < 4.78 is 5.33. The Morgan fingerprint density at radius 2 is 1.93 bits per heavy atom. The molecule has 5 nitrogen and oxygen atoms in total. The van der Waals surface area contributed by atoms with Gasteiger partial charge in [0.25, 0.3) is 0 Å². The Kier molecular flexibility index (Phi) is 10.4. The van der Waals surface area contributed by atoms with Gasteiger partial charge in [-0.15, -0.1) is 24.0 Å². The Labute approximate surface area is 182 Å². The summed E-state index contributed by atoms with van der Waals surface area (Å²) in [4.78, 5) is 6.54. The van der Waals surface area contributed by atoms with Crippen LogP contribution in [-0.4, -0.2) is 47.4 Å². The number of guanidine groups is 1. The summed E-state index contributed by atoms with van der Waals surface area (Å²) in [6, 6.07) is 6.59. The maximum absolute atomic E-state index is 5.33. The minimum absolute atomic E-state index is 0. The summed E-state index contributed by atoms with van der Waals surface area (Å²) in [5.41, 5.74) is 4.19. The van der Waals surface area contributed by atoms with Gasteiger partial charge in [0.05, 0.1) is 0 Å². The SMILES string of the molecule is CN=C(NCc1ccc(N(C)C)cc1C)NCC1(CCOC)CCCC1.I. The first kappa shape index (κ1) is 24.0. The van der Waals surface area contributed by atoms with E-state index in [4.69, 9.17) is 4.74 Å². The molecule has 154 valence electrons. The maximum Gasteiger partial charge on any atom is 0.191 e. The number of nitrogens with one attached hydrogen (secondary N) is 2. The smallest absolute Gasteiger partial charge is 0.191 e. The van der Waals surface area contributed by atoms with Crippen molar-refractivity contribution in [3.63, 3.8) is 0 Å². The lowest BCUT2D eigenvalue weighted by atomic mass is 9.83. The lowest BCUT2D eigenvalue weighted by molar-refractivity contribution is 0.138. The topological polar surface area (TPSA) is 48.9 Å². The van der Waals surface area contributed by atoms with E-state index < -0.39 is 0 Å². The first-order valence-electron chi connectivity index (χ1n) is 9.70. The second-order valence-corrected chi connectivity index (χ2v) is 7.73.